The number of allylic oxidation sites excluding steroid dienone is 4. The van der Waals surface area contributed by atoms with Gasteiger partial charge in [0.05, 0.1) is 0 Å². The largest absolute Gasteiger partial charge is 0.306 e. The van der Waals surface area contributed by atoms with Crippen molar-refractivity contribution in [2.24, 2.45) is 10.8 Å². The highest BCUT2D eigenvalue weighted by Gasteiger charge is 2.46. The number of halogens is 1. The summed E-state index contributed by atoms with van der Waals surface area (Å²) in [6.07, 6.45) is 7.79. The second-order valence-electron chi connectivity index (χ2n) is 6.51. The first-order chi connectivity index (χ1) is 7.85. The first-order valence-corrected chi connectivity index (χ1v) is 6.97. The normalized spacial score (nSPS) is 34.2. The SMILES string of the molecule is CN1CC[C@](C)(C2=CC=C(Cl)CC2)C(C)(C)C1. The Bertz CT molecular complexity index is 367. The standard InChI is InChI=1S/C15H24ClN/c1-14(2)11-17(4)10-9-15(14,3)12-5-7-13(16)8-6-12/h5,7H,6,8-11H2,1-4H3/t15-/m1/s1. The molecule has 1 atom stereocenters. The predicted octanol–water partition coefficient (Wildman–Crippen LogP) is 4.20. The number of nitrogens with zero attached hydrogens (tertiary/aromatic N) is 1. The topological polar surface area (TPSA) is 3.24 Å². The number of piperidine rings is 1. The molecule has 96 valence electrons. The Balaban J connectivity index is 2.29. The molecule has 2 rings (SSSR count). The summed E-state index contributed by atoms with van der Waals surface area (Å²) in [5, 5.41) is 1.00. The van der Waals surface area contributed by atoms with Crippen LogP contribution in [0.25, 0.3) is 0 Å². The van der Waals surface area contributed by atoms with Crippen LogP contribution in [0, 0.1) is 10.8 Å². The van der Waals surface area contributed by atoms with Gasteiger partial charge in [0.2, 0.25) is 0 Å². The summed E-state index contributed by atoms with van der Waals surface area (Å²) in [5.41, 5.74) is 2.26. The van der Waals surface area contributed by atoms with Crippen molar-refractivity contribution in [2.75, 3.05) is 20.1 Å². The quantitative estimate of drug-likeness (QED) is 0.677. The molecule has 1 saturated heterocycles. The lowest BCUT2D eigenvalue weighted by Crippen LogP contribution is -2.51. The summed E-state index contributed by atoms with van der Waals surface area (Å²) >= 11 is 6.07. The Hall–Kier alpha value is -0.270. The first kappa shape index (κ1) is 13.2. The summed E-state index contributed by atoms with van der Waals surface area (Å²) in [4.78, 5) is 2.45. The van der Waals surface area contributed by atoms with Crippen molar-refractivity contribution in [1.82, 2.24) is 4.90 Å². The third-order valence-corrected chi connectivity index (χ3v) is 5.27. The van der Waals surface area contributed by atoms with Gasteiger partial charge in [-0.3, -0.25) is 0 Å². The fourth-order valence-electron chi connectivity index (χ4n) is 3.35. The molecule has 0 amide bonds. The van der Waals surface area contributed by atoms with Gasteiger partial charge in [0, 0.05) is 11.6 Å². The molecular weight excluding hydrogens is 230 g/mol. The second kappa shape index (κ2) is 4.44. The molecule has 1 fully saturated rings. The minimum Gasteiger partial charge on any atom is -0.306 e. The molecule has 0 radical (unpaired) electrons. The van der Waals surface area contributed by atoms with Gasteiger partial charge in [0.1, 0.15) is 0 Å². The van der Waals surface area contributed by atoms with Crippen LogP contribution in [-0.2, 0) is 0 Å². The van der Waals surface area contributed by atoms with E-state index >= 15 is 0 Å². The maximum Gasteiger partial charge on any atom is 0.0184 e. The third kappa shape index (κ3) is 2.32. The molecule has 1 heterocycles. The summed E-state index contributed by atoms with van der Waals surface area (Å²) in [6, 6.07) is 0. The maximum absolute atomic E-state index is 6.07. The van der Waals surface area contributed by atoms with Crippen LogP contribution in [0.3, 0.4) is 0 Å². The molecule has 0 unspecified atom stereocenters. The molecule has 0 spiro atoms. The van der Waals surface area contributed by atoms with E-state index in [-0.39, 0.29) is 0 Å². The molecule has 1 aliphatic heterocycles. The Labute approximate surface area is 111 Å². The zero-order valence-electron chi connectivity index (χ0n) is 11.5. The fourth-order valence-corrected chi connectivity index (χ4v) is 3.51. The van der Waals surface area contributed by atoms with E-state index in [1.165, 1.54) is 19.5 Å². The highest BCUT2D eigenvalue weighted by Crippen LogP contribution is 2.52. The van der Waals surface area contributed by atoms with Crippen LogP contribution in [0.2, 0.25) is 0 Å². The number of likely N-dealkylation sites (tertiary alicyclic amines) is 1. The second-order valence-corrected chi connectivity index (χ2v) is 6.99. The van der Waals surface area contributed by atoms with Crippen molar-refractivity contribution in [3.8, 4) is 0 Å². The lowest BCUT2D eigenvalue weighted by Gasteiger charge is -2.53. The van der Waals surface area contributed by atoms with Gasteiger partial charge in [-0.2, -0.15) is 0 Å². The highest BCUT2D eigenvalue weighted by molar-refractivity contribution is 6.29. The molecule has 0 aromatic heterocycles. The van der Waals surface area contributed by atoms with Crippen LogP contribution < -0.4 is 0 Å². The van der Waals surface area contributed by atoms with Crippen molar-refractivity contribution in [3.05, 3.63) is 22.8 Å². The summed E-state index contributed by atoms with van der Waals surface area (Å²) < 4.78 is 0. The van der Waals surface area contributed by atoms with E-state index in [9.17, 15) is 0 Å². The van der Waals surface area contributed by atoms with Crippen LogP contribution in [0.1, 0.15) is 40.0 Å². The monoisotopic (exact) mass is 253 g/mol. The zero-order chi connectivity index (χ0) is 12.7. The molecule has 2 aliphatic rings. The van der Waals surface area contributed by atoms with Gasteiger partial charge in [-0.15, -0.1) is 0 Å². The van der Waals surface area contributed by atoms with E-state index in [1.54, 1.807) is 5.57 Å². The van der Waals surface area contributed by atoms with Gasteiger partial charge < -0.3 is 4.90 Å². The van der Waals surface area contributed by atoms with Crippen LogP contribution in [0.5, 0.6) is 0 Å². The van der Waals surface area contributed by atoms with E-state index in [0.717, 1.165) is 17.9 Å². The molecule has 0 aromatic rings. The molecule has 1 nitrogen and oxygen atoms in total. The number of hydrogen-bond acceptors (Lipinski definition) is 1. The average Bonchev–Trinajstić information content (AvgIpc) is 2.24. The Kier molecular flexibility index (Phi) is 3.44. The predicted molar refractivity (Wildman–Crippen MR) is 75.3 cm³/mol. The van der Waals surface area contributed by atoms with Gasteiger partial charge in [0.25, 0.3) is 0 Å². The van der Waals surface area contributed by atoms with Crippen LogP contribution >= 0.6 is 11.6 Å². The third-order valence-electron chi connectivity index (χ3n) is 4.96. The number of hydrogen-bond donors (Lipinski definition) is 0. The molecule has 17 heavy (non-hydrogen) atoms. The molecule has 1 aliphatic carbocycles. The van der Waals surface area contributed by atoms with E-state index in [1.807, 2.05) is 0 Å². The molecule has 0 bridgehead atoms. The van der Waals surface area contributed by atoms with E-state index in [0.29, 0.717) is 10.8 Å². The smallest absolute Gasteiger partial charge is 0.0184 e. The Morgan fingerprint density at radius 1 is 1.18 bits per heavy atom. The lowest BCUT2D eigenvalue weighted by molar-refractivity contribution is 0.0178. The maximum atomic E-state index is 6.07. The number of rotatable bonds is 1. The zero-order valence-corrected chi connectivity index (χ0v) is 12.3. The summed E-state index contributed by atoms with van der Waals surface area (Å²) in [5.74, 6) is 0. The summed E-state index contributed by atoms with van der Waals surface area (Å²) in [6.45, 7) is 9.64. The van der Waals surface area contributed by atoms with Gasteiger partial charge >= 0.3 is 0 Å². The average molecular weight is 254 g/mol. The first-order valence-electron chi connectivity index (χ1n) is 6.59. The van der Waals surface area contributed by atoms with E-state index < -0.39 is 0 Å². The van der Waals surface area contributed by atoms with E-state index in [4.69, 9.17) is 11.6 Å². The Morgan fingerprint density at radius 2 is 1.88 bits per heavy atom. The molecule has 0 aromatic carbocycles. The molecule has 0 N–H and O–H groups in total. The van der Waals surface area contributed by atoms with Crippen LogP contribution in [0.15, 0.2) is 22.8 Å². The summed E-state index contributed by atoms with van der Waals surface area (Å²) in [7, 11) is 2.23. The van der Waals surface area contributed by atoms with Crippen molar-refractivity contribution in [1.29, 1.82) is 0 Å². The van der Waals surface area contributed by atoms with Crippen LogP contribution in [0.4, 0.5) is 0 Å². The van der Waals surface area contributed by atoms with Gasteiger partial charge in [0.15, 0.2) is 0 Å². The lowest BCUT2D eigenvalue weighted by atomic mass is 9.57. The van der Waals surface area contributed by atoms with Crippen molar-refractivity contribution < 1.29 is 0 Å². The van der Waals surface area contributed by atoms with Gasteiger partial charge in [-0.1, -0.05) is 44.0 Å². The van der Waals surface area contributed by atoms with Gasteiger partial charge in [-0.25, -0.2) is 0 Å². The minimum atomic E-state index is 0.327. The van der Waals surface area contributed by atoms with Crippen LogP contribution in [-0.4, -0.2) is 25.0 Å². The molecule has 2 heteroatoms. The highest BCUT2D eigenvalue weighted by atomic mass is 35.5. The minimum absolute atomic E-state index is 0.327. The molecule has 0 saturated carbocycles. The molecular formula is C15H24ClN. The van der Waals surface area contributed by atoms with Crippen molar-refractivity contribution in [2.45, 2.75) is 40.0 Å². The van der Waals surface area contributed by atoms with Crippen molar-refractivity contribution >= 4 is 11.6 Å². The fraction of sp³-hybridized carbons (Fsp3) is 0.733. The van der Waals surface area contributed by atoms with Gasteiger partial charge in [-0.05, 0) is 49.8 Å². The Morgan fingerprint density at radius 3 is 2.41 bits per heavy atom. The van der Waals surface area contributed by atoms with E-state index in [2.05, 4.69) is 44.9 Å². The van der Waals surface area contributed by atoms with Crippen molar-refractivity contribution in [3.63, 3.8) is 0 Å².